The minimum absolute atomic E-state index is 0.0438. The predicted molar refractivity (Wildman–Crippen MR) is 140 cm³/mol. The number of carbonyl (C=O) groups excluding carboxylic acids is 1. The maximum Gasteiger partial charge on any atom is 0.264 e. The summed E-state index contributed by atoms with van der Waals surface area (Å²) in [5.41, 5.74) is 0.967. The maximum atomic E-state index is 14.1. The Labute approximate surface area is 217 Å². The Kier molecular flexibility index (Phi) is 7.73. The summed E-state index contributed by atoms with van der Waals surface area (Å²) in [6.07, 6.45) is 0.637. The van der Waals surface area contributed by atoms with Crippen molar-refractivity contribution < 1.29 is 27.1 Å². The van der Waals surface area contributed by atoms with Gasteiger partial charge in [-0.05, 0) is 54.7 Å². The van der Waals surface area contributed by atoms with E-state index in [1.165, 1.54) is 36.4 Å². The van der Waals surface area contributed by atoms with Gasteiger partial charge in [-0.1, -0.05) is 50.2 Å². The van der Waals surface area contributed by atoms with Gasteiger partial charge in [0.15, 0.2) is 11.5 Å². The molecule has 4 rings (SSSR count). The van der Waals surface area contributed by atoms with Crippen LogP contribution in [-0.2, 0) is 20.2 Å². The molecule has 3 aromatic carbocycles. The molecule has 0 aromatic heterocycles. The van der Waals surface area contributed by atoms with Gasteiger partial charge in [-0.3, -0.25) is 9.10 Å². The maximum absolute atomic E-state index is 14.1. The highest BCUT2D eigenvalue weighted by Gasteiger charge is 2.30. The van der Waals surface area contributed by atoms with Crippen LogP contribution in [0.25, 0.3) is 0 Å². The van der Waals surface area contributed by atoms with Crippen LogP contribution in [0.1, 0.15) is 32.8 Å². The monoisotopic (exact) mass is 526 g/mol. The molecule has 0 spiro atoms. The topological polar surface area (TPSA) is 84.9 Å². The fourth-order valence-corrected chi connectivity index (χ4v) is 5.96. The lowest BCUT2D eigenvalue weighted by Gasteiger charge is -2.30. The zero-order valence-corrected chi connectivity index (χ0v) is 21.9. The van der Waals surface area contributed by atoms with Gasteiger partial charge in [-0.2, -0.15) is 0 Å². The lowest BCUT2D eigenvalue weighted by Crippen LogP contribution is -2.45. The number of benzene rings is 3. The molecule has 0 fully saturated rings. The van der Waals surface area contributed by atoms with Crippen LogP contribution in [0.2, 0.25) is 0 Å². The van der Waals surface area contributed by atoms with Crippen LogP contribution in [-0.4, -0.2) is 40.1 Å². The quantitative estimate of drug-likeness (QED) is 0.438. The number of halogens is 1. The van der Waals surface area contributed by atoms with Gasteiger partial charge in [0.1, 0.15) is 25.6 Å². The van der Waals surface area contributed by atoms with Gasteiger partial charge in [-0.15, -0.1) is 0 Å². The van der Waals surface area contributed by atoms with Crippen LogP contribution in [0, 0.1) is 5.82 Å². The van der Waals surface area contributed by atoms with E-state index in [9.17, 15) is 17.6 Å². The van der Waals surface area contributed by atoms with Crippen LogP contribution >= 0.6 is 0 Å². The van der Waals surface area contributed by atoms with Crippen molar-refractivity contribution in [3.8, 4) is 11.5 Å². The number of hydrogen-bond acceptors (Lipinski definition) is 5. The van der Waals surface area contributed by atoms with Crippen molar-refractivity contribution in [3.63, 3.8) is 0 Å². The number of amides is 1. The summed E-state index contributed by atoms with van der Waals surface area (Å²) in [4.78, 5) is 13.0. The number of hydrogen-bond donors (Lipinski definition) is 1. The first-order valence-electron chi connectivity index (χ1n) is 12.1. The normalized spacial score (nSPS) is 14.1. The second kappa shape index (κ2) is 10.8. The van der Waals surface area contributed by atoms with Crippen molar-refractivity contribution in [2.45, 2.75) is 43.5 Å². The summed E-state index contributed by atoms with van der Waals surface area (Å²) in [5, 5.41) is 2.91. The van der Waals surface area contributed by atoms with E-state index < -0.39 is 28.3 Å². The predicted octanol–water partition coefficient (Wildman–Crippen LogP) is 4.66. The smallest absolute Gasteiger partial charge is 0.264 e. The average molecular weight is 527 g/mol. The zero-order valence-electron chi connectivity index (χ0n) is 21.1. The third kappa shape index (κ3) is 6.22. The number of nitrogens with one attached hydrogen (secondary N) is 1. The number of sulfonamides is 1. The van der Waals surface area contributed by atoms with E-state index >= 15 is 0 Å². The van der Waals surface area contributed by atoms with E-state index in [-0.39, 0.29) is 22.0 Å². The summed E-state index contributed by atoms with van der Waals surface area (Å²) in [7, 11) is -4.24. The Balaban J connectivity index is 1.56. The first-order valence-corrected chi connectivity index (χ1v) is 13.5. The lowest BCUT2D eigenvalue weighted by molar-refractivity contribution is -0.120. The number of carbonyl (C=O) groups is 1. The molecule has 0 radical (unpaired) electrons. The fraction of sp³-hybridized carbons (Fsp3) is 0.321. The molecule has 1 unspecified atom stereocenters. The van der Waals surface area contributed by atoms with Crippen LogP contribution in [0.3, 0.4) is 0 Å². The van der Waals surface area contributed by atoms with Gasteiger partial charge < -0.3 is 14.8 Å². The highest BCUT2D eigenvalue weighted by Crippen LogP contribution is 2.34. The number of nitrogens with zero attached hydrogens (tertiary/aromatic N) is 1. The van der Waals surface area contributed by atoms with E-state index in [2.05, 4.69) is 19.2 Å². The molecular formula is C28H31FN2O5S. The van der Waals surface area contributed by atoms with Crippen molar-refractivity contribution in [2.24, 2.45) is 0 Å². The van der Waals surface area contributed by atoms with Gasteiger partial charge in [0.2, 0.25) is 5.91 Å². The molecule has 1 aliphatic heterocycles. The van der Waals surface area contributed by atoms with Crippen molar-refractivity contribution in [1.82, 2.24) is 5.32 Å². The van der Waals surface area contributed by atoms with Crippen LogP contribution < -0.4 is 19.1 Å². The Morgan fingerprint density at radius 3 is 2.41 bits per heavy atom. The summed E-state index contributed by atoms with van der Waals surface area (Å²) >= 11 is 0. The van der Waals surface area contributed by atoms with Crippen molar-refractivity contribution in [1.29, 1.82) is 0 Å². The molecule has 1 amide bonds. The zero-order chi connectivity index (χ0) is 26.6. The van der Waals surface area contributed by atoms with E-state index in [0.29, 0.717) is 31.1 Å². The molecule has 9 heteroatoms. The van der Waals surface area contributed by atoms with E-state index in [4.69, 9.17) is 9.47 Å². The third-order valence-electron chi connectivity index (χ3n) is 6.26. The Morgan fingerprint density at radius 1 is 1.00 bits per heavy atom. The standard InChI is InChI=1S/C28H31FN2O5S/c1-20(18-28(2,3)21-8-5-4-6-9-21)30-27(32)19-31(23-11-7-10-22(29)16-23)37(33,34)24-12-13-25-26(17-24)36-15-14-35-25/h4-13,16-17,20H,14-15,18-19H2,1-3H3,(H,30,32). The first-order chi connectivity index (χ1) is 17.6. The Morgan fingerprint density at radius 2 is 1.70 bits per heavy atom. The molecule has 0 saturated carbocycles. The van der Waals surface area contributed by atoms with Crippen LogP contribution in [0.4, 0.5) is 10.1 Å². The van der Waals surface area contributed by atoms with E-state index in [1.807, 2.05) is 37.3 Å². The molecule has 0 saturated heterocycles. The molecule has 1 heterocycles. The molecule has 37 heavy (non-hydrogen) atoms. The summed E-state index contributed by atoms with van der Waals surface area (Å²) in [6.45, 7) is 6.21. The number of anilines is 1. The summed E-state index contributed by atoms with van der Waals surface area (Å²) in [5.74, 6) is -0.372. The average Bonchev–Trinajstić information content (AvgIpc) is 2.87. The second-order valence-corrected chi connectivity index (χ2v) is 11.6. The number of ether oxygens (including phenoxy) is 2. The molecule has 7 nitrogen and oxygen atoms in total. The number of rotatable bonds is 9. The summed E-state index contributed by atoms with van der Waals surface area (Å²) < 4.78 is 53.4. The second-order valence-electron chi connectivity index (χ2n) is 9.72. The molecule has 1 atom stereocenters. The van der Waals surface area contributed by atoms with Gasteiger partial charge in [0.05, 0.1) is 10.6 Å². The minimum atomic E-state index is -4.24. The SMILES string of the molecule is CC(CC(C)(C)c1ccccc1)NC(=O)CN(c1cccc(F)c1)S(=O)(=O)c1ccc2c(c1)OCCO2. The van der Waals surface area contributed by atoms with Gasteiger partial charge >= 0.3 is 0 Å². The Bertz CT molecular complexity index is 1360. The molecule has 1 aliphatic rings. The third-order valence-corrected chi connectivity index (χ3v) is 8.03. The molecule has 0 aliphatic carbocycles. The molecule has 0 bridgehead atoms. The highest BCUT2D eigenvalue weighted by molar-refractivity contribution is 7.92. The summed E-state index contributed by atoms with van der Waals surface area (Å²) in [6, 6.07) is 19.2. The van der Waals surface area contributed by atoms with Gasteiger partial charge in [0.25, 0.3) is 10.0 Å². The van der Waals surface area contributed by atoms with E-state index in [0.717, 1.165) is 15.9 Å². The minimum Gasteiger partial charge on any atom is -0.486 e. The highest BCUT2D eigenvalue weighted by atomic mass is 32.2. The molecule has 3 aromatic rings. The van der Waals surface area contributed by atoms with Gasteiger partial charge in [0, 0.05) is 12.1 Å². The lowest BCUT2D eigenvalue weighted by atomic mass is 9.79. The fourth-order valence-electron chi connectivity index (χ4n) is 4.53. The van der Waals surface area contributed by atoms with Crippen molar-refractivity contribution in [3.05, 3.63) is 84.2 Å². The van der Waals surface area contributed by atoms with Crippen molar-refractivity contribution in [2.75, 3.05) is 24.1 Å². The van der Waals surface area contributed by atoms with Crippen LogP contribution in [0.15, 0.2) is 77.7 Å². The molecule has 1 N–H and O–H groups in total. The first kappa shape index (κ1) is 26.5. The molecular weight excluding hydrogens is 495 g/mol. The van der Waals surface area contributed by atoms with Crippen molar-refractivity contribution >= 4 is 21.6 Å². The Hall–Kier alpha value is -3.59. The number of fused-ring (bicyclic) bond motifs is 1. The van der Waals surface area contributed by atoms with Crippen LogP contribution in [0.5, 0.6) is 11.5 Å². The largest absolute Gasteiger partial charge is 0.486 e. The van der Waals surface area contributed by atoms with Gasteiger partial charge in [-0.25, -0.2) is 12.8 Å². The molecule has 196 valence electrons. The van der Waals surface area contributed by atoms with E-state index in [1.54, 1.807) is 0 Å².